The Morgan fingerprint density at radius 3 is 1.96 bits per heavy atom. The van der Waals surface area contributed by atoms with Crippen LogP contribution in [0.5, 0.6) is 11.5 Å². The van der Waals surface area contributed by atoms with Crippen LogP contribution in [-0.2, 0) is 9.47 Å². The molecular formula is C19H22O4. The number of ether oxygens (including phenoxy) is 4. The maximum absolute atomic E-state index is 5.56. The minimum Gasteiger partial charge on any atom is -0.464 e. The van der Waals surface area contributed by atoms with Crippen molar-refractivity contribution in [1.29, 1.82) is 0 Å². The SMILES string of the molecule is COCOc1ccc(/C=C/c2ccc(C)cc2)cc1OCOC. The fourth-order valence-electron chi connectivity index (χ4n) is 1.98. The van der Waals surface area contributed by atoms with Crippen molar-refractivity contribution in [2.75, 3.05) is 27.8 Å². The van der Waals surface area contributed by atoms with Crippen molar-refractivity contribution >= 4 is 12.2 Å². The lowest BCUT2D eigenvalue weighted by atomic mass is 10.1. The van der Waals surface area contributed by atoms with Gasteiger partial charge in [0.1, 0.15) is 0 Å². The summed E-state index contributed by atoms with van der Waals surface area (Å²) in [5, 5.41) is 0. The first-order valence-corrected chi connectivity index (χ1v) is 7.35. The molecule has 0 N–H and O–H groups in total. The third-order valence-corrected chi connectivity index (χ3v) is 3.18. The van der Waals surface area contributed by atoms with Crippen LogP contribution in [0.15, 0.2) is 42.5 Å². The average molecular weight is 314 g/mol. The molecule has 0 aliphatic rings. The van der Waals surface area contributed by atoms with E-state index < -0.39 is 0 Å². The van der Waals surface area contributed by atoms with E-state index in [1.807, 2.05) is 24.3 Å². The van der Waals surface area contributed by atoms with Crippen molar-refractivity contribution in [2.24, 2.45) is 0 Å². The number of methoxy groups -OCH3 is 2. The monoisotopic (exact) mass is 314 g/mol. The summed E-state index contributed by atoms with van der Waals surface area (Å²) < 4.78 is 20.9. The van der Waals surface area contributed by atoms with Crippen LogP contribution in [0.2, 0.25) is 0 Å². The van der Waals surface area contributed by atoms with Crippen LogP contribution in [0.4, 0.5) is 0 Å². The van der Waals surface area contributed by atoms with Crippen LogP contribution in [0, 0.1) is 6.92 Å². The van der Waals surface area contributed by atoms with Gasteiger partial charge in [-0.1, -0.05) is 48.0 Å². The lowest BCUT2D eigenvalue weighted by molar-refractivity contribution is 0.0322. The maximum atomic E-state index is 5.56. The number of rotatable bonds is 8. The van der Waals surface area contributed by atoms with Crippen molar-refractivity contribution in [3.63, 3.8) is 0 Å². The lowest BCUT2D eigenvalue weighted by Gasteiger charge is -2.12. The molecule has 0 amide bonds. The van der Waals surface area contributed by atoms with Crippen molar-refractivity contribution in [2.45, 2.75) is 6.92 Å². The molecule has 2 aromatic rings. The quantitative estimate of drug-likeness (QED) is 0.542. The molecule has 0 aromatic heterocycles. The van der Waals surface area contributed by atoms with Gasteiger partial charge in [-0.3, -0.25) is 0 Å². The lowest BCUT2D eigenvalue weighted by Crippen LogP contribution is -2.04. The first-order chi connectivity index (χ1) is 11.2. The first-order valence-electron chi connectivity index (χ1n) is 7.35. The largest absolute Gasteiger partial charge is 0.464 e. The van der Waals surface area contributed by atoms with E-state index in [0.29, 0.717) is 11.5 Å². The van der Waals surface area contributed by atoms with E-state index in [9.17, 15) is 0 Å². The minimum absolute atomic E-state index is 0.161. The predicted octanol–water partition coefficient (Wildman–Crippen LogP) is 4.13. The highest BCUT2D eigenvalue weighted by atomic mass is 16.7. The molecule has 0 unspecified atom stereocenters. The topological polar surface area (TPSA) is 36.9 Å². The maximum Gasteiger partial charge on any atom is 0.188 e. The van der Waals surface area contributed by atoms with Gasteiger partial charge in [0, 0.05) is 14.2 Å². The molecular weight excluding hydrogens is 292 g/mol. The van der Waals surface area contributed by atoms with Gasteiger partial charge in [-0.25, -0.2) is 0 Å². The molecule has 0 bridgehead atoms. The first kappa shape index (κ1) is 17.1. The molecule has 0 aliphatic carbocycles. The molecule has 0 aliphatic heterocycles. The summed E-state index contributed by atoms with van der Waals surface area (Å²) in [6, 6.07) is 14.1. The highest BCUT2D eigenvalue weighted by Crippen LogP contribution is 2.29. The summed E-state index contributed by atoms with van der Waals surface area (Å²) in [4.78, 5) is 0. The van der Waals surface area contributed by atoms with Gasteiger partial charge in [-0.15, -0.1) is 0 Å². The smallest absolute Gasteiger partial charge is 0.188 e. The van der Waals surface area contributed by atoms with E-state index in [0.717, 1.165) is 11.1 Å². The molecule has 0 saturated carbocycles. The highest BCUT2D eigenvalue weighted by molar-refractivity contribution is 5.71. The summed E-state index contributed by atoms with van der Waals surface area (Å²) in [5.41, 5.74) is 3.41. The molecule has 4 heteroatoms. The van der Waals surface area contributed by atoms with Gasteiger partial charge in [-0.05, 0) is 30.2 Å². The van der Waals surface area contributed by atoms with Gasteiger partial charge in [0.15, 0.2) is 25.1 Å². The third kappa shape index (κ3) is 5.43. The second-order valence-corrected chi connectivity index (χ2v) is 5.05. The van der Waals surface area contributed by atoms with Crippen LogP contribution in [0.3, 0.4) is 0 Å². The van der Waals surface area contributed by atoms with E-state index in [4.69, 9.17) is 18.9 Å². The standard InChI is InChI=1S/C19H22O4/c1-15-4-6-16(7-5-15)8-9-17-10-11-18(22-13-20-2)19(12-17)23-14-21-3/h4-12H,13-14H2,1-3H3/b9-8+. The minimum atomic E-state index is 0.161. The Hall–Kier alpha value is -2.30. The Bertz CT molecular complexity index is 632. The number of benzene rings is 2. The molecule has 0 spiro atoms. The van der Waals surface area contributed by atoms with Gasteiger partial charge in [-0.2, -0.15) is 0 Å². The van der Waals surface area contributed by atoms with Crippen LogP contribution >= 0.6 is 0 Å². The van der Waals surface area contributed by atoms with Crippen LogP contribution in [0.1, 0.15) is 16.7 Å². The molecule has 0 heterocycles. The van der Waals surface area contributed by atoms with Crippen molar-refractivity contribution in [3.8, 4) is 11.5 Å². The number of hydrogen-bond acceptors (Lipinski definition) is 4. The predicted molar refractivity (Wildman–Crippen MR) is 91.6 cm³/mol. The second-order valence-electron chi connectivity index (χ2n) is 5.05. The molecule has 23 heavy (non-hydrogen) atoms. The van der Waals surface area contributed by atoms with Crippen molar-refractivity contribution < 1.29 is 18.9 Å². The molecule has 122 valence electrons. The number of hydrogen-bond donors (Lipinski definition) is 0. The van der Waals surface area contributed by atoms with Gasteiger partial charge in [0.2, 0.25) is 0 Å². The average Bonchev–Trinajstić information content (AvgIpc) is 2.58. The Kier molecular flexibility index (Phi) is 6.66. The highest BCUT2D eigenvalue weighted by Gasteiger charge is 2.06. The normalized spacial score (nSPS) is 10.9. The third-order valence-electron chi connectivity index (χ3n) is 3.18. The molecule has 0 saturated heterocycles. The molecule has 2 rings (SSSR count). The van der Waals surface area contributed by atoms with E-state index >= 15 is 0 Å². The van der Waals surface area contributed by atoms with Gasteiger partial charge in [0.25, 0.3) is 0 Å². The van der Waals surface area contributed by atoms with E-state index in [-0.39, 0.29) is 13.6 Å². The summed E-state index contributed by atoms with van der Waals surface area (Å²) >= 11 is 0. The fraction of sp³-hybridized carbons (Fsp3) is 0.263. The fourth-order valence-corrected chi connectivity index (χ4v) is 1.98. The zero-order valence-electron chi connectivity index (χ0n) is 13.7. The second kappa shape index (κ2) is 8.98. The number of aryl methyl sites for hydroxylation is 1. The van der Waals surface area contributed by atoms with E-state index in [1.54, 1.807) is 14.2 Å². The van der Waals surface area contributed by atoms with E-state index in [2.05, 4.69) is 37.3 Å². The van der Waals surface area contributed by atoms with Crippen LogP contribution in [-0.4, -0.2) is 27.8 Å². The Morgan fingerprint density at radius 1 is 0.739 bits per heavy atom. The van der Waals surface area contributed by atoms with Crippen molar-refractivity contribution in [1.82, 2.24) is 0 Å². The molecule has 4 nitrogen and oxygen atoms in total. The van der Waals surface area contributed by atoms with Gasteiger partial charge < -0.3 is 18.9 Å². The van der Waals surface area contributed by atoms with Crippen LogP contribution in [0.25, 0.3) is 12.2 Å². The van der Waals surface area contributed by atoms with Gasteiger partial charge in [0.05, 0.1) is 0 Å². The summed E-state index contributed by atoms with van der Waals surface area (Å²) in [5.74, 6) is 1.24. The molecule has 2 aromatic carbocycles. The summed E-state index contributed by atoms with van der Waals surface area (Å²) in [6.07, 6.45) is 4.09. The zero-order valence-corrected chi connectivity index (χ0v) is 13.7. The molecule has 0 fully saturated rings. The summed E-state index contributed by atoms with van der Waals surface area (Å²) in [6.45, 7) is 2.40. The molecule has 0 radical (unpaired) electrons. The summed E-state index contributed by atoms with van der Waals surface area (Å²) in [7, 11) is 3.16. The van der Waals surface area contributed by atoms with E-state index in [1.165, 1.54) is 5.56 Å². The Labute approximate surface area is 137 Å². The zero-order chi connectivity index (χ0) is 16.5. The van der Waals surface area contributed by atoms with Crippen molar-refractivity contribution in [3.05, 3.63) is 59.2 Å². The molecule has 0 atom stereocenters. The Morgan fingerprint density at radius 2 is 1.30 bits per heavy atom. The van der Waals surface area contributed by atoms with Gasteiger partial charge >= 0.3 is 0 Å². The van der Waals surface area contributed by atoms with Crippen LogP contribution < -0.4 is 9.47 Å². The Balaban J connectivity index is 2.16.